The Morgan fingerprint density at radius 1 is 1.61 bits per heavy atom. The van der Waals surface area contributed by atoms with Gasteiger partial charge in [-0.1, -0.05) is 0 Å². The Kier molecular flexibility index (Phi) is 3.68. The van der Waals surface area contributed by atoms with Crippen LogP contribution in [0.25, 0.3) is 0 Å². The molecule has 6 nitrogen and oxygen atoms in total. The maximum atomic E-state index is 12.0. The van der Waals surface area contributed by atoms with Crippen molar-refractivity contribution >= 4 is 5.91 Å². The zero-order valence-electron chi connectivity index (χ0n) is 10.8. The first kappa shape index (κ1) is 13.0. The van der Waals surface area contributed by atoms with Crippen molar-refractivity contribution in [2.45, 2.75) is 38.8 Å². The van der Waals surface area contributed by atoms with Crippen LogP contribution in [0, 0.1) is 6.92 Å². The van der Waals surface area contributed by atoms with Crippen molar-refractivity contribution in [3.63, 3.8) is 0 Å². The van der Waals surface area contributed by atoms with Gasteiger partial charge in [-0.15, -0.1) is 4.74 Å². The van der Waals surface area contributed by atoms with Crippen molar-refractivity contribution in [3.8, 4) is 0 Å². The van der Waals surface area contributed by atoms with Gasteiger partial charge in [0.2, 0.25) is 0 Å². The molecule has 1 fully saturated rings. The van der Waals surface area contributed by atoms with Gasteiger partial charge in [-0.2, -0.15) is 0 Å². The van der Waals surface area contributed by atoms with E-state index in [0.717, 1.165) is 24.1 Å². The quantitative estimate of drug-likeness (QED) is 0.814. The molecule has 6 heteroatoms. The Hall–Kier alpha value is -1.40. The van der Waals surface area contributed by atoms with Gasteiger partial charge in [-0.3, -0.25) is 14.5 Å². The van der Waals surface area contributed by atoms with E-state index in [9.17, 15) is 9.59 Å². The van der Waals surface area contributed by atoms with E-state index in [1.807, 2.05) is 11.8 Å². The standard InChI is InChI=1S/C12H19N3O3/c1-8-5-10(13)3-4-14(8)7-12(17)15-11(16)6-9(2)18-15/h6,8,10H,3-5,7,13H2,1-2H3. The number of aromatic nitrogens is 1. The van der Waals surface area contributed by atoms with Crippen LogP contribution in [0.2, 0.25) is 0 Å². The number of nitrogens with two attached hydrogens (primary N) is 1. The molecular formula is C12H19N3O3. The minimum absolute atomic E-state index is 0.195. The molecule has 0 radical (unpaired) electrons. The second kappa shape index (κ2) is 5.07. The molecule has 0 amide bonds. The molecule has 2 unspecified atom stereocenters. The summed E-state index contributed by atoms with van der Waals surface area (Å²) in [6.07, 6.45) is 1.75. The Balaban J connectivity index is 2.03. The molecule has 18 heavy (non-hydrogen) atoms. The lowest BCUT2D eigenvalue weighted by Crippen LogP contribution is -2.48. The molecular weight excluding hydrogens is 234 g/mol. The van der Waals surface area contributed by atoms with E-state index in [0.29, 0.717) is 5.76 Å². The minimum atomic E-state index is -0.404. The van der Waals surface area contributed by atoms with Crippen LogP contribution < -0.4 is 11.3 Å². The summed E-state index contributed by atoms with van der Waals surface area (Å²) in [6, 6.07) is 1.78. The number of nitrogens with zero attached hydrogens (tertiary/aromatic N) is 2. The molecule has 0 aliphatic carbocycles. The molecule has 0 bridgehead atoms. The van der Waals surface area contributed by atoms with Crippen LogP contribution in [-0.2, 0) is 0 Å². The zero-order chi connectivity index (χ0) is 13.3. The van der Waals surface area contributed by atoms with Gasteiger partial charge < -0.3 is 10.3 Å². The molecule has 0 spiro atoms. The fourth-order valence-electron chi connectivity index (χ4n) is 2.35. The molecule has 2 heterocycles. The van der Waals surface area contributed by atoms with Crippen LogP contribution in [0.5, 0.6) is 0 Å². The third kappa shape index (κ3) is 2.70. The number of likely N-dealkylation sites (tertiary alicyclic amines) is 1. The van der Waals surface area contributed by atoms with Crippen LogP contribution in [-0.4, -0.2) is 40.7 Å². The van der Waals surface area contributed by atoms with Crippen molar-refractivity contribution < 1.29 is 9.32 Å². The largest absolute Gasteiger partial charge is 0.373 e. The summed E-state index contributed by atoms with van der Waals surface area (Å²) in [5.41, 5.74) is 5.47. The first-order chi connectivity index (χ1) is 8.47. The highest BCUT2D eigenvalue weighted by Gasteiger charge is 2.26. The van der Waals surface area contributed by atoms with E-state index in [1.54, 1.807) is 6.92 Å². The van der Waals surface area contributed by atoms with E-state index >= 15 is 0 Å². The first-order valence-corrected chi connectivity index (χ1v) is 6.20. The molecule has 1 aliphatic heterocycles. The Morgan fingerprint density at radius 2 is 2.33 bits per heavy atom. The first-order valence-electron chi connectivity index (χ1n) is 6.20. The van der Waals surface area contributed by atoms with Crippen molar-refractivity contribution in [2.24, 2.45) is 5.73 Å². The number of carbonyl (C=O) groups excluding carboxylic acids is 1. The lowest BCUT2D eigenvalue weighted by Gasteiger charge is -2.35. The lowest BCUT2D eigenvalue weighted by atomic mass is 9.99. The van der Waals surface area contributed by atoms with Crippen molar-refractivity contribution in [1.82, 2.24) is 9.64 Å². The Bertz CT molecular complexity index is 491. The number of rotatable bonds is 2. The molecule has 100 valence electrons. The van der Waals surface area contributed by atoms with E-state index in [-0.39, 0.29) is 24.5 Å². The topological polar surface area (TPSA) is 81.5 Å². The normalized spacial score (nSPS) is 25.3. The third-order valence-electron chi connectivity index (χ3n) is 3.38. The molecule has 2 rings (SSSR count). The number of carbonyl (C=O) groups is 1. The summed E-state index contributed by atoms with van der Waals surface area (Å²) in [5.74, 6) is 0.123. The molecule has 1 aliphatic rings. The minimum Gasteiger partial charge on any atom is -0.373 e. The predicted octanol–water partition coefficient (Wildman–Crippen LogP) is 0.202. The summed E-state index contributed by atoms with van der Waals surface area (Å²) in [7, 11) is 0. The number of hydrogen-bond donors (Lipinski definition) is 1. The monoisotopic (exact) mass is 253 g/mol. The van der Waals surface area contributed by atoms with Gasteiger partial charge in [0.15, 0.2) is 0 Å². The summed E-state index contributed by atoms with van der Waals surface area (Å²) >= 11 is 0. The molecule has 1 aromatic heterocycles. The Labute approximate surface area is 105 Å². The van der Waals surface area contributed by atoms with Crippen molar-refractivity contribution in [3.05, 3.63) is 22.2 Å². The highest BCUT2D eigenvalue weighted by atomic mass is 16.5. The van der Waals surface area contributed by atoms with Crippen molar-refractivity contribution in [1.29, 1.82) is 0 Å². The SMILES string of the molecule is Cc1cc(=O)n(C(=O)CN2CCC(N)CC2C)o1. The maximum Gasteiger partial charge on any atom is 0.290 e. The number of piperidine rings is 1. The van der Waals surface area contributed by atoms with Crippen LogP contribution in [0.4, 0.5) is 0 Å². The van der Waals surface area contributed by atoms with E-state index < -0.39 is 5.56 Å². The van der Waals surface area contributed by atoms with Crippen LogP contribution in [0.1, 0.15) is 30.3 Å². The molecule has 0 saturated carbocycles. The lowest BCUT2D eigenvalue weighted by molar-refractivity contribution is 0.0639. The zero-order valence-corrected chi connectivity index (χ0v) is 10.8. The maximum absolute atomic E-state index is 12.0. The third-order valence-corrected chi connectivity index (χ3v) is 3.38. The summed E-state index contributed by atoms with van der Waals surface area (Å²) in [4.78, 5) is 25.5. The number of hydrogen-bond acceptors (Lipinski definition) is 5. The van der Waals surface area contributed by atoms with Crippen LogP contribution >= 0.6 is 0 Å². The fourth-order valence-corrected chi connectivity index (χ4v) is 2.35. The van der Waals surface area contributed by atoms with Crippen LogP contribution in [0.3, 0.4) is 0 Å². The van der Waals surface area contributed by atoms with E-state index in [1.165, 1.54) is 6.07 Å². The smallest absolute Gasteiger partial charge is 0.290 e. The second-order valence-electron chi connectivity index (χ2n) is 4.98. The van der Waals surface area contributed by atoms with Crippen LogP contribution in [0.15, 0.2) is 15.4 Å². The van der Waals surface area contributed by atoms with E-state index in [2.05, 4.69) is 0 Å². The van der Waals surface area contributed by atoms with Crippen molar-refractivity contribution in [2.75, 3.05) is 13.1 Å². The van der Waals surface area contributed by atoms with Gasteiger partial charge in [-0.05, 0) is 26.7 Å². The molecule has 2 atom stereocenters. The predicted molar refractivity (Wildman–Crippen MR) is 66.6 cm³/mol. The number of aryl methyl sites for hydroxylation is 1. The van der Waals surface area contributed by atoms with Gasteiger partial charge in [0.1, 0.15) is 5.76 Å². The van der Waals surface area contributed by atoms with Gasteiger partial charge in [0.25, 0.3) is 11.5 Å². The summed E-state index contributed by atoms with van der Waals surface area (Å²) in [5, 5.41) is 0. The highest BCUT2D eigenvalue weighted by molar-refractivity contribution is 5.79. The highest BCUT2D eigenvalue weighted by Crippen LogP contribution is 2.15. The van der Waals surface area contributed by atoms with Gasteiger partial charge >= 0.3 is 0 Å². The molecule has 1 saturated heterocycles. The summed E-state index contributed by atoms with van der Waals surface area (Å²) < 4.78 is 5.91. The van der Waals surface area contributed by atoms with Gasteiger partial charge in [0.05, 0.1) is 6.54 Å². The Morgan fingerprint density at radius 3 is 2.89 bits per heavy atom. The van der Waals surface area contributed by atoms with Gasteiger partial charge in [0, 0.05) is 24.7 Å². The summed E-state index contributed by atoms with van der Waals surface area (Å²) in [6.45, 7) is 4.67. The molecule has 0 aromatic carbocycles. The van der Waals surface area contributed by atoms with E-state index in [4.69, 9.17) is 10.3 Å². The molecule has 1 aromatic rings. The van der Waals surface area contributed by atoms with Gasteiger partial charge in [-0.25, -0.2) is 0 Å². The molecule has 2 N–H and O–H groups in total. The second-order valence-corrected chi connectivity index (χ2v) is 4.98. The average Bonchev–Trinajstić information content (AvgIpc) is 2.62. The fraction of sp³-hybridized carbons (Fsp3) is 0.667. The average molecular weight is 253 g/mol.